The molecule has 2 aliphatic rings. The van der Waals surface area contributed by atoms with E-state index in [1.165, 1.54) is 0 Å². The van der Waals surface area contributed by atoms with Gasteiger partial charge in [0.05, 0.1) is 11.5 Å². The minimum absolute atomic E-state index is 0. The Morgan fingerprint density at radius 2 is 2.00 bits per heavy atom. The van der Waals surface area contributed by atoms with Crippen LogP contribution in [0, 0.1) is 19.8 Å². The molecule has 3 rings (SSSR count). The van der Waals surface area contributed by atoms with Gasteiger partial charge in [-0.1, -0.05) is 25.0 Å². The van der Waals surface area contributed by atoms with E-state index in [1.54, 1.807) is 4.90 Å². The number of rotatable bonds is 4. The van der Waals surface area contributed by atoms with Crippen LogP contribution < -0.4 is 16.0 Å². The van der Waals surface area contributed by atoms with Gasteiger partial charge in [0.15, 0.2) is 0 Å². The molecule has 138 valence electrons. The second-order valence-corrected chi connectivity index (χ2v) is 7.31. The molecule has 0 aromatic heterocycles. The summed E-state index contributed by atoms with van der Waals surface area (Å²) in [5, 5.41) is 3.16. The number of nitrogens with zero attached hydrogens (tertiary/aromatic N) is 1. The standard InChI is InChI=1S/C19H27N3O2.ClH/c1-13-6-5-7-16(14(13)2)22-11-15(10-17(22)23)18(24)21-19(12-20)8-3-4-9-19;/h5-7,15H,3-4,8-12,20H2,1-2H3,(H,21,24);1H. The topological polar surface area (TPSA) is 75.4 Å². The van der Waals surface area contributed by atoms with Crippen molar-refractivity contribution in [2.24, 2.45) is 11.7 Å². The van der Waals surface area contributed by atoms with E-state index < -0.39 is 0 Å². The lowest BCUT2D eigenvalue weighted by molar-refractivity contribution is -0.127. The van der Waals surface area contributed by atoms with Crippen LogP contribution in [0.5, 0.6) is 0 Å². The molecule has 2 amide bonds. The molecular weight excluding hydrogens is 338 g/mol. The molecule has 2 fully saturated rings. The number of carbonyl (C=O) groups is 2. The first-order valence-corrected chi connectivity index (χ1v) is 8.84. The fraction of sp³-hybridized carbons (Fsp3) is 0.579. The van der Waals surface area contributed by atoms with Crippen LogP contribution >= 0.6 is 12.4 Å². The van der Waals surface area contributed by atoms with E-state index in [4.69, 9.17) is 5.73 Å². The Bertz CT molecular complexity index is 656. The molecule has 1 aromatic carbocycles. The Morgan fingerprint density at radius 1 is 1.32 bits per heavy atom. The summed E-state index contributed by atoms with van der Waals surface area (Å²) in [7, 11) is 0. The normalized spacial score (nSPS) is 22.0. The van der Waals surface area contributed by atoms with Gasteiger partial charge in [-0.2, -0.15) is 0 Å². The molecule has 0 radical (unpaired) electrons. The summed E-state index contributed by atoms with van der Waals surface area (Å²) in [6.07, 6.45) is 4.37. The molecule has 0 bridgehead atoms. The van der Waals surface area contributed by atoms with Gasteiger partial charge in [0.25, 0.3) is 0 Å². The van der Waals surface area contributed by atoms with Crippen molar-refractivity contribution in [3.8, 4) is 0 Å². The second kappa shape index (κ2) is 7.75. The first-order valence-electron chi connectivity index (χ1n) is 8.84. The monoisotopic (exact) mass is 365 g/mol. The maximum absolute atomic E-state index is 12.7. The van der Waals surface area contributed by atoms with Crippen molar-refractivity contribution < 1.29 is 9.59 Å². The Morgan fingerprint density at radius 3 is 2.64 bits per heavy atom. The van der Waals surface area contributed by atoms with Gasteiger partial charge in [0.1, 0.15) is 0 Å². The smallest absolute Gasteiger partial charge is 0.227 e. The summed E-state index contributed by atoms with van der Waals surface area (Å²) in [6, 6.07) is 5.95. The highest BCUT2D eigenvalue weighted by Gasteiger charge is 2.40. The van der Waals surface area contributed by atoms with Gasteiger partial charge in [0, 0.05) is 25.2 Å². The molecule has 6 heteroatoms. The van der Waals surface area contributed by atoms with Gasteiger partial charge in [-0.3, -0.25) is 9.59 Å². The summed E-state index contributed by atoms with van der Waals surface area (Å²) >= 11 is 0. The van der Waals surface area contributed by atoms with Crippen LogP contribution in [0.25, 0.3) is 0 Å². The third-order valence-corrected chi connectivity index (χ3v) is 5.70. The zero-order valence-electron chi connectivity index (χ0n) is 15.0. The number of aryl methyl sites for hydroxylation is 1. The zero-order chi connectivity index (χ0) is 17.3. The van der Waals surface area contributed by atoms with Crippen LogP contribution in [-0.4, -0.2) is 30.4 Å². The second-order valence-electron chi connectivity index (χ2n) is 7.31. The molecular formula is C19H28ClN3O2. The lowest BCUT2D eigenvalue weighted by Gasteiger charge is -2.30. The van der Waals surface area contributed by atoms with Gasteiger partial charge in [-0.25, -0.2) is 0 Å². The van der Waals surface area contributed by atoms with E-state index in [-0.39, 0.29) is 42.1 Å². The van der Waals surface area contributed by atoms with Gasteiger partial charge >= 0.3 is 0 Å². The number of amides is 2. The highest BCUT2D eigenvalue weighted by molar-refractivity contribution is 6.01. The van der Waals surface area contributed by atoms with E-state index >= 15 is 0 Å². The molecule has 0 spiro atoms. The van der Waals surface area contributed by atoms with E-state index in [9.17, 15) is 9.59 Å². The summed E-state index contributed by atoms with van der Waals surface area (Å²) in [5.41, 5.74) is 8.82. The van der Waals surface area contributed by atoms with E-state index in [0.29, 0.717) is 13.1 Å². The van der Waals surface area contributed by atoms with Crippen LogP contribution in [0.15, 0.2) is 18.2 Å². The molecule has 1 aliphatic carbocycles. The highest BCUT2D eigenvalue weighted by Crippen LogP contribution is 2.32. The first kappa shape index (κ1) is 19.7. The Balaban J connectivity index is 0.00000225. The number of anilines is 1. The molecule has 1 heterocycles. The van der Waals surface area contributed by atoms with E-state index in [1.807, 2.05) is 32.0 Å². The van der Waals surface area contributed by atoms with Gasteiger partial charge < -0.3 is 16.0 Å². The van der Waals surface area contributed by atoms with Crippen LogP contribution in [0.3, 0.4) is 0 Å². The highest BCUT2D eigenvalue weighted by atomic mass is 35.5. The van der Waals surface area contributed by atoms with Crippen molar-refractivity contribution in [1.29, 1.82) is 0 Å². The summed E-state index contributed by atoms with van der Waals surface area (Å²) in [5.74, 6) is -0.290. The Labute approximate surface area is 155 Å². The summed E-state index contributed by atoms with van der Waals surface area (Å²) in [4.78, 5) is 26.9. The van der Waals surface area contributed by atoms with Gasteiger partial charge in [-0.15, -0.1) is 12.4 Å². The van der Waals surface area contributed by atoms with Crippen LogP contribution in [0.4, 0.5) is 5.69 Å². The average molecular weight is 366 g/mol. The molecule has 25 heavy (non-hydrogen) atoms. The zero-order valence-corrected chi connectivity index (χ0v) is 15.8. The minimum Gasteiger partial charge on any atom is -0.349 e. The number of hydrogen-bond acceptors (Lipinski definition) is 3. The first-order chi connectivity index (χ1) is 11.5. The summed E-state index contributed by atoms with van der Waals surface area (Å²) < 4.78 is 0. The number of nitrogens with one attached hydrogen (secondary N) is 1. The number of nitrogens with two attached hydrogens (primary N) is 1. The van der Waals surface area contributed by atoms with Crippen molar-refractivity contribution in [1.82, 2.24) is 5.32 Å². The van der Waals surface area contributed by atoms with Crippen molar-refractivity contribution in [3.05, 3.63) is 29.3 Å². The molecule has 1 saturated heterocycles. The number of hydrogen-bond donors (Lipinski definition) is 2. The van der Waals surface area contributed by atoms with Crippen molar-refractivity contribution in [3.63, 3.8) is 0 Å². The van der Waals surface area contributed by atoms with E-state index in [2.05, 4.69) is 5.32 Å². The molecule has 1 saturated carbocycles. The fourth-order valence-corrected chi connectivity index (χ4v) is 3.94. The van der Waals surface area contributed by atoms with E-state index in [0.717, 1.165) is 42.5 Å². The van der Waals surface area contributed by atoms with Crippen LogP contribution in [0.2, 0.25) is 0 Å². The largest absolute Gasteiger partial charge is 0.349 e. The Kier molecular flexibility index (Phi) is 6.12. The lowest BCUT2D eigenvalue weighted by atomic mass is 9.96. The van der Waals surface area contributed by atoms with Crippen LogP contribution in [0.1, 0.15) is 43.2 Å². The molecule has 1 aliphatic heterocycles. The molecule has 5 nitrogen and oxygen atoms in total. The summed E-state index contributed by atoms with van der Waals surface area (Å²) in [6.45, 7) is 4.98. The van der Waals surface area contributed by atoms with Crippen molar-refractivity contribution >= 4 is 29.9 Å². The number of benzene rings is 1. The lowest BCUT2D eigenvalue weighted by Crippen LogP contribution is -2.53. The third-order valence-electron chi connectivity index (χ3n) is 5.70. The van der Waals surface area contributed by atoms with Gasteiger partial charge in [-0.05, 0) is 43.9 Å². The minimum atomic E-state index is -0.290. The average Bonchev–Trinajstić information content (AvgIpc) is 3.18. The predicted octanol–water partition coefficient (Wildman–Crippen LogP) is 2.47. The third kappa shape index (κ3) is 3.82. The molecule has 3 N–H and O–H groups in total. The maximum Gasteiger partial charge on any atom is 0.227 e. The Hall–Kier alpha value is -1.59. The molecule has 1 atom stereocenters. The number of carbonyl (C=O) groups excluding carboxylic acids is 2. The SMILES string of the molecule is Cc1cccc(N2CC(C(=O)NC3(CN)CCCC3)CC2=O)c1C.Cl. The van der Waals surface area contributed by atoms with Crippen molar-refractivity contribution in [2.75, 3.05) is 18.0 Å². The van der Waals surface area contributed by atoms with Gasteiger partial charge in [0.2, 0.25) is 11.8 Å². The fourth-order valence-electron chi connectivity index (χ4n) is 3.94. The quantitative estimate of drug-likeness (QED) is 0.860. The molecule has 1 aromatic rings. The molecule has 1 unspecified atom stereocenters. The van der Waals surface area contributed by atoms with Crippen LogP contribution in [-0.2, 0) is 9.59 Å². The predicted molar refractivity (Wildman–Crippen MR) is 102 cm³/mol. The number of halogens is 1. The van der Waals surface area contributed by atoms with Crippen molar-refractivity contribution in [2.45, 2.75) is 51.5 Å². The maximum atomic E-state index is 12.7.